The Bertz CT molecular complexity index is 2900. The van der Waals surface area contributed by atoms with E-state index < -0.39 is 0 Å². The van der Waals surface area contributed by atoms with Crippen molar-refractivity contribution in [2.24, 2.45) is 0 Å². The fourth-order valence-electron chi connectivity index (χ4n) is 7.46. The van der Waals surface area contributed by atoms with Gasteiger partial charge in [0.15, 0.2) is 0 Å². The van der Waals surface area contributed by atoms with Crippen LogP contribution in [0, 0.1) is 34.0 Å². The zero-order valence-corrected chi connectivity index (χ0v) is 26.7. The summed E-state index contributed by atoms with van der Waals surface area (Å²) in [5.41, 5.74) is 11.1. The van der Waals surface area contributed by atoms with E-state index in [0.29, 0.717) is 16.7 Å². The summed E-state index contributed by atoms with van der Waals surface area (Å²) in [6.07, 6.45) is 0. The summed E-state index contributed by atoms with van der Waals surface area (Å²) in [5, 5.41) is 34.5. The molecule has 230 valence electrons. The molecule has 2 aromatic heterocycles. The predicted octanol–water partition coefficient (Wildman–Crippen LogP) is 10.8. The fraction of sp³-hybridized carbons (Fsp3) is 0. The third-order valence-corrected chi connectivity index (χ3v) is 9.63. The lowest BCUT2D eigenvalue weighted by molar-refractivity contribution is 1.17. The van der Waals surface area contributed by atoms with E-state index in [2.05, 4.69) is 112 Å². The van der Waals surface area contributed by atoms with Gasteiger partial charge in [0.2, 0.25) is 0 Å². The number of aromatic nitrogens is 2. The maximum absolute atomic E-state index is 10.4. The minimum Gasteiger partial charge on any atom is -0.309 e. The zero-order valence-electron chi connectivity index (χ0n) is 26.7. The predicted molar refractivity (Wildman–Crippen MR) is 200 cm³/mol. The molecule has 0 saturated carbocycles. The summed E-state index contributed by atoms with van der Waals surface area (Å²) in [7, 11) is 0. The molecule has 0 aliphatic carbocycles. The minimum absolute atomic E-state index is 0.516. The van der Waals surface area contributed by atoms with E-state index in [1.165, 1.54) is 10.8 Å². The number of nitrogens with zero attached hydrogens (tertiary/aromatic N) is 5. The van der Waals surface area contributed by atoms with Crippen molar-refractivity contribution in [3.8, 4) is 51.8 Å². The Morgan fingerprint density at radius 1 is 0.400 bits per heavy atom. The van der Waals surface area contributed by atoms with Gasteiger partial charge in [-0.3, -0.25) is 0 Å². The van der Waals surface area contributed by atoms with E-state index in [1.807, 2.05) is 54.6 Å². The zero-order chi connectivity index (χ0) is 33.8. The Kier molecular flexibility index (Phi) is 6.56. The van der Waals surface area contributed by atoms with Crippen molar-refractivity contribution in [2.45, 2.75) is 0 Å². The van der Waals surface area contributed by atoms with Crippen molar-refractivity contribution < 1.29 is 0 Å². The van der Waals surface area contributed by atoms with E-state index in [0.717, 1.165) is 66.5 Å². The van der Waals surface area contributed by atoms with Gasteiger partial charge in [-0.2, -0.15) is 15.8 Å². The highest BCUT2D eigenvalue weighted by Gasteiger charge is 2.21. The topological polar surface area (TPSA) is 81.2 Å². The summed E-state index contributed by atoms with van der Waals surface area (Å²) in [6, 6.07) is 57.9. The molecule has 0 atom stereocenters. The lowest BCUT2D eigenvalue weighted by Crippen LogP contribution is -2.01. The third kappa shape index (κ3) is 4.31. The molecule has 0 bridgehead atoms. The Morgan fingerprint density at radius 3 is 1.74 bits per heavy atom. The standard InChI is InChI=1S/C45H25N5/c46-26-29-18-23-42-39(24-29)38-14-6-11-34(28-48)45(38)50(42)43-17-7-10-33(27-47)44(43)32-9-5-8-31(25-32)30-19-21-35(22-20-30)49-40-15-3-1-12-36(40)37-13-2-4-16-41(37)49/h1-25H. The molecular formula is C45H25N5. The molecule has 5 nitrogen and oxygen atoms in total. The quantitative estimate of drug-likeness (QED) is 0.193. The van der Waals surface area contributed by atoms with Crippen LogP contribution in [0.2, 0.25) is 0 Å². The first-order chi connectivity index (χ1) is 24.7. The normalized spacial score (nSPS) is 11.1. The molecule has 9 aromatic rings. The molecule has 0 saturated heterocycles. The SMILES string of the molecule is N#Cc1ccc2c(c1)c1cccc(C#N)c1n2-c1cccc(C#N)c1-c1cccc(-c2ccc(-n3c4ccccc4c4ccccc43)cc2)c1. The summed E-state index contributed by atoms with van der Waals surface area (Å²) < 4.78 is 4.37. The first-order valence-electron chi connectivity index (χ1n) is 16.3. The van der Waals surface area contributed by atoms with Crippen molar-refractivity contribution in [3.05, 3.63) is 168 Å². The molecule has 0 unspecified atom stereocenters. The molecule has 2 heterocycles. The minimum atomic E-state index is 0.516. The molecule has 9 rings (SSSR count). The highest BCUT2D eigenvalue weighted by molar-refractivity contribution is 6.12. The van der Waals surface area contributed by atoms with Gasteiger partial charge >= 0.3 is 0 Å². The number of para-hydroxylation sites is 3. The Balaban J connectivity index is 1.21. The van der Waals surface area contributed by atoms with Crippen LogP contribution in [-0.2, 0) is 0 Å². The van der Waals surface area contributed by atoms with Crippen LogP contribution in [0.3, 0.4) is 0 Å². The smallest absolute Gasteiger partial charge is 0.101 e. The van der Waals surface area contributed by atoms with Crippen LogP contribution in [0.15, 0.2) is 152 Å². The molecule has 0 radical (unpaired) electrons. The van der Waals surface area contributed by atoms with Crippen molar-refractivity contribution in [3.63, 3.8) is 0 Å². The number of rotatable bonds is 4. The largest absolute Gasteiger partial charge is 0.309 e. The number of nitriles is 3. The van der Waals surface area contributed by atoms with Crippen LogP contribution in [0.4, 0.5) is 0 Å². The Labute approximate surface area is 287 Å². The second-order valence-corrected chi connectivity index (χ2v) is 12.3. The molecule has 0 aliphatic rings. The van der Waals surface area contributed by atoms with E-state index >= 15 is 0 Å². The van der Waals surface area contributed by atoms with Crippen molar-refractivity contribution in [1.29, 1.82) is 15.8 Å². The van der Waals surface area contributed by atoms with Gasteiger partial charge in [0.25, 0.3) is 0 Å². The molecule has 0 amide bonds. The van der Waals surface area contributed by atoms with Gasteiger partial charge in [0, 0.05) is 32.8 Å². The van der Waals surface area contributed by atoms with Gasteiger partial charge in [-0.25, -0.2) is 0 Å². The van der Waals surface area contributed by atoms with Crippen molar-refractivity contribution >= 4 is 43.6 Å². The van der Waals surface area contributed by atoms with Crippen LogP contribution in [0.1, 0.15) is 16.7 Å². The Hall–Kier alpha value is -7.39. The summed E-state index contributed by atoms with van der Waals surface area (Å²) in [5.74, 6) is 0. The maximum atomic E-state index is 10.4. The molecular weight excluding hydrogens is 611 g/mol. The summed E-state index contributed by atoms with van der Waals surface area (Å²) in [4.78, 5) is 0. The fourth-order valence-corrected chi connectivity index (χ4v) is 7.46. The van der Waals surface area contributed by atoms with Gasteiger partial charge < -0.3 is 9.13 Å². The number of hydrogen-bond donors (Lipinski definition) is 0. The van der Waals surface area contributed by atoms with Crippen LogP contribution in [0.5, 0.6) is 0 Å². The van der Waals surface area contributed by atoms with Gasteiger partial charge in [-0.15, -0.1) is 0 Å². The van der Waals surface area contributed by atoms with E-state index in [1.54, 1.807) is 12.1 Å². The molecule has 0 fully saturated rings. The average Bonchev–Trinajstić information content (AvgIpc) is 3.70. The lowest BCUT2D eigenvalue weighted by atomic mass is 9.94. The summed E-state index contributed by atoms with van der Waals surface area (Å²) in [6.45, 7) is 0. The first kappa shape index (κ1) is 28.8. The van der Waals surface area contributed by atoms with Gasteiger partial charge in [0.05, 0.1) is 56.6 Å². The Morgan fingerprint density at radius 2 is 1.02 bits per heavy atom. The second-order valence-electron chi connectivity index (χ2n) is 12.3. The van der Waals surface area contributed by atoms with Crippen LogP contribution < -0.4 is 0 Å². The van der Waals surface area contributed by atoms with Crippen LogP contribution in [0.25, 0.3) is 77.2 Å². The van der Waals surface area contributed by atoms with Gasteiger partial charge in [-0.1, -0.05) is 84.9 Å². The lowest BCUT2D eigenvalue weighted by Gasteiger charge is -2.17. The molecule has 50 heavy (non-hydrogen) atoms. The highest BCUT2D eigenvalue weighted by Crippen LogP contribution is 2.40. The van der Waals surface area contributed by atoms with Crippen molar-refractivity contribution in [2.75, 3.05) is 0 Å². The summed E-state index contributed by atoms with van der Waals surface area (Å²) >= 11 is 0. The van der Waals surface area contributed by atoms with Crippen LogP contribution >= 0.6 is 0 Å². The molecule has 0 aliphatic heterocycles. The molecule has 5 heteroatoms. The van der Waals surface area contributed by atoms with E-state index in [4.69, 9.17) is 0 Å². The van der Waals surface area contributed by atoms with E-state index in [9.17, 15) is 15.8 Å². The van der Waals surface area contributed by atoms with Gasteiger partial charge in [0.1, 0.15) is 6.07 Å². The average molecular weight is 636 g/mol. The molecule has 7 aromatic carbocycles. The van der Waals surface area contributed by atoms with Gasteiger partial charge in [-0.05, 0) is 83.4 Å². The number of hydrogen-bond acceptors (Lipinski definition) is 3. The second kappa shape index (κ2) is 11.4. The number of benzene rings is 7. The number of fused-ring (bicyclic) bond motifs is 6. The van der Waals surface area contributed by atoms with E-state index in [-0.39, 0.29) is 0 Å². The monoisotopic (exact) mass is 635 g/mol. The highest BCUT2D eigenvalue weighted by atomic mass is 15.0. The maximum Gasteiger partial charge on any atom is 0.101 e. The first-order valence-corrected chi connectivity index (χ1v) is 16.3. The molecule has 0 spiro atoms. The third-order valence-electron chi connectivity index (χ3n) is 9.63. The van der Waals surface area contributed by atoms with Crippen LogP contribution in [-0.4, -0.2) is 9.13 Å². The van der Waals surface area contributed by atoms with Crippen molar-refractivity contribution in [1.82, 2.24) is 9.13 Å². The molecule has 0 N–H and O–H groups in total.